The van der Waals surface area contributed by atoms with Gasteiger partial charge in [0.25, 0.3) is 0 Å². The SMILES string of the molecule is O=C(O)C(=O)Nc1sc(CNS(=O)(=O)c2cccc3ccccc23)cc1C(=O)O. The molecule has 0 spiro atoms. The zero-order valence-corrected chi connectivity index (χ0v) is 16.2. The molecule has 150 valence electrons. The molecule has 0 aliphatic rings. The van der Waals surface area contributed by atoms with Crippen LogP contribution in [0, 0.1) is 0 Å². The average molecular weight is 434 g/mol. The van der Waals surface area contributed by atoms with Gasteiger partial charge in [-0.2, -0.15) is 0 Å². The van der Waals surface area contributed by atoms with Gasteiger partial charge in [-0.15, -0.1) is 11.3 Å². The molecule has 29 heavy (non-hydrogen) atoms. The van der Waals surface area contributed by atoms with E-state index in [1.54, 1.807) is 36.4 Å². The van der Waals surface area contributed by atoms with Crippen LogP contribution < -0.4 is 10.0 Å². The Morgan fingerprint density at radius 3 is 2.38 bits per heavy atom. The van der Waals surface area contributed by atoms with E-state index in [2.05, 4.69) is 4.72 Å². The number of aliphatic carboxylic acids is 1. The molecular weight excluding hydrogens is 420 g/mol. The van der Waals surface area contributed by atoms with Gasteiger partial charge in [0.2, 0.25) is 10.0 Å². The van der Waals surface area contributed by atoms with Gasteiger partial charge in [0.05, 0.1) is 10.5 Å². The molecule has 0 aliphatic heterocycles. The molecule has 11 heteroatoms. The van der Waals surface area contributed by atoms with Crippen LogP contribution in [0.1, 0.15) is 15.2 Å². The highest BCUT2D eigenvalue weighted by atomic mass is 32.2. The van der Waals surface area contributed by atoms with Crippen LogP contribution in [-0.2, 0) is 26.2 Å². The van der Waals surface area contributed by atoms with Gasteiger partial charge in [0, 0.05) is 16.8 Å². The minimum Gasteiger partial charge on any atom is -0.478 e. The van der Waals surface area contributed by atoms with Crippen LogP contribution in [0.4, 0.5) is 5.00 Å². The lowest BCUT2D eigenvalue weighted by Gasteiger charge is -2.09. The highest BCUT2D eigenvalue weighted by molar-refractivity contribution is 7.89. The van der Waals surface area contributed by atoms with Crippen LogP contribution in [0.3, 0.4) is 0 Å². The van der Waals surface area contributed by atoms with Crippen molar-refractivity contribution in [1.82, 2.24) is 4.72 Å². The Kier molecular flexibility index (Phi) is 5.64. The zero-order chi connectivity index (χ0) is 21.2. The summed E-state index contributed by atoms with van der Waals surface area (Å²) >= 11 is 0.770. The quantitative estimate of drug-likeness (QED) is 0.434. The molecule has 3 rings (SSSR count). The molecule has 0 atom stereocenters. The summed E-state index contributed by atoms with van der Waals surface area (Å²) in [6.07, 6.45) is 0. The van der Waals surface area contributed by atoms with Gasteiger partial charge in [-0.25, -0.2) is 22.7 Å². The van der Waals surface area contributed by atoms with Crippen molar-refractivity contribution in [1.29, 1.82) is 0 Å². The van der Waals surface area contributed by atoms with Gasteiger partial charge in [-0.1, -0.05) is 36.4 Å². The number of aromatic carboxylic acids is 1. The van der Waals surface area contributed by atoms with Crippen LogP contribution in [0.5, 0.6) is 0 Å². The second kappa shape index (κ2) is 7.99. The van der Waals surface area contributed by atoms with Crippen molar-refractivity contribution in [3.8, 4) is 0 Å². The van der Waals surface area contributed by atoms with E-state index < -0.39 is 27.9 Å². The molecular formula is C18H14N2O7S2. The van der Waals surface area contributed by atoms with Gasteiger partial charge >= 0.3 is 17.8 Å². The summed E-state index contributed by atoms with van der Waals surface area (Å²) in [4.78, 5) is 33.7. The highest BCUT2D eigenvalue weighted by Gasteiger charge is 2.22. The van der Waals surface area contributed by atoms with Crippen LogP contribution in [0.2, 0.25) is 0 Å². The van der Waals surface area contributed by atoms with Crippen LogP contribution >= 0.6 is 11.3 Å². The smallest absolute Gasteiger partial charge is 0.394 e. The third-order valence-corrected chi connectivity index (χ3v) is 6.42. The summed E-state index contributed by atoms with van der Waals surface area (Å²) in [6, 6.07) is 13.0. The van der Waals surface area contributed by atoms with Crippen molar-refractivity contribution in [3.05, 3.63) is 59.0 Å². The first-order valence-corrected chi connectivity index (χ1v) is 10.4. The van der Waals surface area contributed by atoms with E-state index >= 15 is 0 Å². The number of amides is 1. The first-order valence-electron chi connectivity index (χ1n) is 8.07. The van der Waals surface area contributed by atoms with E-state index in [1.165, 1.54) is 12.1 Å². The molecule has 4 N–H and O–H groups in total. The predicted molar refractivity (Wildman–Crippen MR) is 106 cm³/mol. The lowest BCUT2D eigenvalue weighted by molar-refractivity contribution is -0.147. The number of carbonyl (C=O) groups is 3. The normalized spacial score (nSPS) is 11.3. The minimum absolute atomic E-state index is 0.0741. The molecule has 0 saturated heterocycles. The monoisotopic (exact) mass is 434 g/mol. The molecule has 9 nitrogen and oxygen atoms in total. The Hall–Kier alpha value is -3.28. The maximum atomic E-state index is 12.7. The first kappa shape index (κ1) is 20.5. The molecule has 3 aromatic rings. The van der Waals surface area contributed by atoms with Crippen molar-refractivity contribution in [2.24, 2.45) is 0 Å². The number of hydrogen-bond donors (Lipinski definition) is 4. The standard InChI is InChI=1S/C18H14N2O7S2/c21-15(18(24)25)20-16-13(17(22)23)8-11(28-16)9-19-29(26,27)14-7-3-5-10-4-1-2-6-12(10)14/h1-8,19H,9H2,(H,20,21)(H,22,23)(H,24,25). The van der Waals surface area contributed by atoms with E-state index in [0.29, 0.717) is 5.39 Å². The lowest BCUT2D eigenvalue weighted by Crippen LogP contribution is -2.23. The molecule has 2 aromatic carbocycles. The minimum atomic E-state index is -3.92. The van der Waals surface area contributed by atoms with Gasteiger partial charge < -0.3 is 15.5 Å². The Labute approximate surface area is 168 Å². The van der Waals surface area contributed by atoms with Crippen molar-refractivity contribution in [2.45, 2.75) is 11.4 Å². The van der Waals surface area contributed by atoms with Crippen LogP contribution in [0.15, 0.2) is 53.4 Å². The van der Waals surface area contributed by atoms with Crippen LogP contribution in [0.25, 0.3) is 10.8 Å². The zero-order valence-electron chi connectivity index (χ0n) is 14.6. The largest absolute Gasteiger partial charge is 0.478 e. The third-order valence-electron chi connectivity index (χ3n) is 3.91. The summed E-state index contributed by atoms with van der Waals surface area (Å²) in [7, 11) is -3.92. The number of sulfonamides is 1. The summed E-state index contributed by atoms with van der Waals surface area (Å²) in [5.74, 6) is -4.55. The van der Waals surface area contributed by atoms with Crippen molar-refractivity contribution in [3.63, 3.8) is 0 Å². The summed E-state index contributed by atoms with van der Waals surface area (Å²) in [6.45, 7) is -0.237. The Balaban J connectivity index is 1.86. The van der Waals surface area contributed by atoms with Crippen molar-refractivity contribution >= 4 is 55.0 Å². The Morgan fingerprint density at radius 1 is 1.00 bits per heavy atom. The molecule has 0 unspecified atom stereocenters. The molecule has 1 aromatic heterocycles. The maximum absolute atomic E-state index is 12.7. The molecule has 0 fully saturated rings. The topological polar surface area (TPSA) is 150 Å². The number of rotatable bonds is 6. The molecule has 0 aliphatic carbocycles. The summed E-state index contributed by atoms with van der Waals surface area (Å²) in [5.41, 5.74) is -0.330. The fourth-order valence-electron chi connectivity index (χ4n) is 2.61. The second-order valence-electron chi connectivity index (χ2n) is 5.82. The number of fused-ring (bicyclic) bond motifs is 1. The lowest BCUT2D eigenvalue weighted by atomic mass is 10.1. The predicted octanol–water partition coefficient (Wildman–Crippen LogP) is 2.10. The number of hydrogen-bond acceptors (Lipinski definition) is 6. The molecule has 0 radical (unpaired) electrons. The number of carboxylic acid groups (broad SMARTS) is 2. The average Bonchev–Trinajstić information content (AvgIpc) is 3.09. The molecule has 1 amide bonds. The molecule has 0 bridgehead atoms. The maximum Gasteiger partial charge on any atom is 0.394 e. The number of benzene rings is 2. The fraction of sp³-hybridized carbons (Fsp3) is 0.0556. The van der Waals surface area contributed by atoms with Gasteiger partial charge in [0.15, 0.2) is 0 Å². The van der Waals surface area contributed by atoms with Gasteiger partial charge in [-0.05, 0) is 17.5 Å². The first-order chi connectivity index (χ1) is 13.7. The second-order valence-corrected chi connectivity index (χ2v) is 8.69. The van der Waals surface area contributed by atoms with E-state index in [4.69, 9.17) is 5.11 Å². The van der Waals surface area contributed by atoms with Gasteiger partial charge in [-0.3, -0.25) is 4.79 Å². The number of anilines is 1. The summed E-state index contributed by atoms with van der Waals surface area (Å²) < 4.78 is 27.9. The summed E-state index contributed by atoms with van der Waals surface area (Å²) in [5, 5.41) is 21.0. The van der Waals surface area contributed by atoms with E-state index in [1.807, 2.05) is 5.32 Å². The number of carboxylic acids is 2. The fourth-order valence-corrected chi connectivity index (χ4v) is 4.92. The number of carbonyl (C=O) groups excluding carboxylic acids is 1. The Bertz CT molecular complexity index is 1230. The van der Waals surface area contributed by atoms with E-state index in [0.717, 1.165) is 16.7 Å². The van der Waals surface area contributed by atoms with Crippen molar-refractivity contribution in [2.75, 3.05) is 5.32 Å². The van der Waals surface area contributed by atoms with Gasteiger partial charge in [0.1, 0.15) is 5.00 Å². The Morgan fingerprint density at radius 2 is 1.69 bits per heavy atom. The number of thiophene rings is 1. The molecule has 1 heterocycles. The van der Waals surface area contributed by atoms with E-state index in [9.17, 15) is 27.9 Å². The van der Waals surface area contributed by atoms with E-state index in [-0.39, 0.29) is 26.9 Å². The molecule has 0 saturated carbocycles. The van der Waals surface area contributed by atoms with Crippen LogP contribution in [-0.4, -0.2) is 36.5 Å². The van der Waals surface area contributed by atoms with Crippen molar-refractivity contribution < 1.29 is 33.0 Å². The number of nitrogens with one attached hydrogen (secondary N) is 2. The highest BCUT2D eigenvalue weighted by Crippen LogP contribution is 2.29. The third kappa shape index (κ3) is 4.42.